The van der Waals surface area contributed by atoms with Crippen LogP contribution in [0.1, 0.15) is 5.56 Å². The Labute approximate surface area is 106 Å². The monoisotopic (exact) mass is 324 g/mol. The van der Waals surface area contributed by atoms with Gasteiger partial charge in [-0.05, 0) is 22.4 Å². The van der Waals surface area contributed by atoms with Crippen molar-refractivity contribution in [2.45, 2.75) is 0 Å². The molecule has 0 saturated heterocycles. The average molecular weight is 326 g/mol. The molecule has 2 heteroatoms. The highest BCUT2D eigenvalue weighted by Crippen LogP contribution is 2.22. The second kappa shape index (κ2) is 4.95. The molecule has 0 aliphatic rings. The second-order valence-electron chi connectivity index (χ2n) is 3.29. The molecule has 0 aliphatic carbocycles. The van der Waals surface area contributed by atoms with Gasteiger partial charge in [0.15, 0.2) is 0 Å². The average Bonchev–Trinajstić information content (AvgIpc) is 2.29. The van der Waals surface area contributed by atoms with Gasteiger partial charge in [-0.2, -0.15) is 0 Å². The number of hydrogen-bond acceptors (Lipinski definition) is 0. The third-order valence-corrected chi connectivity index (χ3v) is 4.13. The summed E-state index contributed by atoms with van der Waals surface area (Å²) < 4.78 is 1.15. The maximum Gasteiger partial charge on any atom is 0.0349 e. The summed E-state index contributed by atoms with van der Waals surface area (Å²) in [6.45, 7) is 0. The topological polar surface area (TPSA) is 0 Å². The summed E-state index contributed by atoms with van der Waals surface area (Å²) in [4.78, 5) is 0. The van der Waals surface area contributed by atoms with Gasteiger partial charge in [0.25, 0.3) is 0 Å². The Morgan fingerprint density at radius 2 is 1.80 bits per heavy atom. The molecule has 2 aromatic carbocycles. The van der Waals surface area contributed by atoms with Crippen LogP contribution in [0.5, 0.6) is 0 Å². The van der Waals surface area contributed by atoms with Crippen LogP contribution in [-0.2, 0) is 0 Å². The van der Waals surface area contributed by atoms with E-state index in [1.54, 1.807) is 0 Å². The van der Waals surface area contributed by atoms with Gasteiger partial charge in [-0.3, -0.25) is 0 Å². The van der Waals surface area contributed by atoms with E-state index in [1.807, 2.05) is 0 Å². The summed E-state index contributed by atoms with van der Waals surface area (Å²) in [5.74, 6) is 0. The Balaban J connectivity index is 2.61. The molecule has 15 heavy (non-hydrogen) atoms. The minimum Gasteiger partial charge on any atom is -0.0870 e. The lowest BCUT2D eigenvalue weighted by Gasteiger charge is -2.02. The molecule has 76 valence electrons. The van der Waals surface area contributed by atoms with E-state index < -0.39 is 0 Å². The van der Waals surface area contributed by atoms with E-state index in [2.05, 4.69) is 80.4 Å². The minimum absolute atomic E-state index is 0.843. The predicted octanol–water partition coefficient (Wildman–Crippen LogP) is 4.97. The van der Waals surface area contributed by atoms with E-state index in [9.17, 15) is 0 Å². The molecule has 0 nitrogen and oxygen atoms in total. The Morgan fingerprint density at radius 3 is 2.60 bits per heavy atom. The maximum absolute atomic E-state index is 3.51. The van der Waals surface area contributed by atoms with Crippen molar-refractivity contribution in [3.63, 3.8) is 0 Å². The summed E-state index contributed by atoms with van der Waals surface area (Å²) in [6.07, 6.45) is 2.15. The zero-order valence-corrected chi connectivity index (χ0v) is 11.3. The molecule has 0 unspecified atom stereocenters. The SMILES string of the molecule is BrC/C(Br)=C/c1cccc2ccccc12. The van der Waals surface area contributed by atoms with Crippen LogP contribution in [0.2, 0.25) is 0 Å². The zero-order chi connectivity index (χ0) is 10.7. The Morgan fingerprint density at radius 1 is 1.07 bits per heavy atom. The molecule has 0 saturated carbocycles. The molecule has 2 aromatic rings. The number of rotatable bonds is 2. The van der Waals surface area contributed by atoms with Gasteiger partial charge in [-0.15, -0.1) is 0 Å². The van der Waals surface area contributed by atoms with Crippen LogP contribution in [-0.4, -0.2) is 5.33 Å². The van der Waals surface area contributed by atoms with Gasteiger partial charge in [-0.1, -0.05) is 74.3 Å². The molecule has 0 heterocycles. The number of benzene rings is 2. The molecule has 0 aromatic heterocycles. The molecule has 0 amide bonds. The Hall–Kier alpha value is -0.600. The van der Waals surface area contributed by atoms with Crippen molar-refractivity contribution in [1.82, 2.24) is 0 Å². The smallest absolute Gasteiger partial charge is 0.0349 e. The van der Waals surface area contributed by atoms with Crippen LogP contribution in [0.15, 0.2) is 46.9 Å². The lowest BCUT2D eigenvalue weighted by atomic mass is 10.0. The van der Waals surface area contributed by atoms with Crippen molar-refractivity contribution in [1.29, 1.82) is 0 Å². The molecule has 0 radical (unpaired) electrons. The van der Waals surface area contributed by atoms with Crippen LogP contribution >= 0.6 is 31.9 Å². The zero-order valence-electron chi connectivity index (χ0n) is 8.08. The van der Waals surface area contributed by atoms with Gasteiger partial charge in [0.1, 0.15) is 0 Å². The van der Waals surface area contributed by atoms with Crippen LogP contribution in [0.4, 0.5) is 0 Å². The van der Waals surface area contributed by atoms with Crippen LogP contribution in [0, 0.1) is 0 Å². The first kappa shape index (κ1) is 10.9. The lowest BCUT2D eigenvalue weighted by Crippen LogP contribution is -1.79. The summed E-state index contributed by atoms with van der Waals surface area (Å²) >= 11 is 6.93. The summed E-state index contributed by atoms with van der Waals surface area (Å²) in [5, 5.41) is 3.41. The van der Waals surface area contributed by atoms with Crippen molar-refractivity contribution in [3.8, 4) is 0 Å². The Kier molecular flexibility index (Phi) is 3.60. The third kappa shape index (κ3) is 2.50. The van der Waals surface area contributed by atoms with E-state index >= 15 is 0 Å². The molecule has 2 rings (SSSR count). The molecule has 0 spiro atoms. The summed E-state index contributed by atoms with van der Waals surface area (Å²) in [7, 11) is 0. The highest BCUT2D eigenvalue weighted by Gasteiger charge is 1.97. The van der Waals surface area contributed by atoms with Gasteiger partial charge in [0.05, 0.1) is 0 Å². The largest absolute Gasteiger partial charge is 0.0870 e. The molecule has 0 fully saturated rings. The predicted molar refractivity (Wildman–Crippen MR) is 74.6 cm³/mol. The van der Waals surface area contributed by atoms with Crippen molar-refractivity contribution < 1.29 is 0 Å². The molecule has 0 bridgehead atoms. The number of halogens is 2. The second-order valence-corrected chi connectivity index (χ2v) is 4.87. The lowest BCUT2D eigenvalue weighted by molar-refractivity contribution is 1.69. The Bertz CT molecular complexity index is 495. The van der Waals surface area contributed by atoms with Crippen molar-refractivity contribution >= 4 is 48.7 Å². The first-order chi connectivity index (χ1) is 7.31. The van der Waals surface area contributed by atoms with E-state index in [4.69, 9.17) is 0 Å². The normalized spacial score (nSPS) is 12.0. The van der Waals surface area contributed by atoms with E-state index in [1.165, 1.54) is 16.3 Å². The van der Waals surface area contributed by atoms with Crippen molar-refractivity contribution in [2.75, 3.05) is 5.33 Å². The fourth-order valence-electron chi connectivity index (χ4n) is 1.58. The van der Waals surface area contributed by atoms with E-state index in [0.29, 0.717) is 0 Å². The standard InChI is InChI=1S/C13H10Br2/c14-9-12(15)8-11-6-3-5-10-4-1-2-7-13(10)11/h1-8H,9H2/b12-8-. The molecular formula is C13H10Br2. The number of hydrogen-bond donors (Lipinski definition) is 0. The molecule has 0 N–H and O–H groups in total. The fourth-order valence-corrected chi connectivity index (χ4v) is 1.99. The fraction of sp³-hybridized carbons (Fsp3) is 0.0769. The van der Waals surface area contributed by atoms with Crippen molar-refractivity contribution in [2.24, 2.45) is 0 Å². The van der Waals surface area contributed by atoms with E-state index in [0.717, 1.165) is 9.81 Å². The van der Waals surface area contributed by atoms with Gasteiger partial charge in [-0.25, -0.2) is 0 Å². The third-order valence-electron chi connectivity index (χ3n) is 2.26. The maximum atomic E-state index is 3.51. The number of allylic oxidation sites excluding steroid dienone is 1. The highest BCUT2D eigenvalue weighted by atomic mass is 79.9. The quantitative estimate of drug-likeness (QED) is 0.684. The number of alkyl halides is 1. The van der Waals surface area contributed by atoms with Gasteiger partial charge >= 0.3 is 0 Å². The first-order valence-electron chi connectivity index (χ1n) is 4.71. The summed E-state index contributed by atoms with van der Waals surface area (Å²) in [5.41, 5.74) is 1.25. The molecule has 0 aliphatic heterocycles. The highest BCUT2D eigenvalue weighted by molar-refractivity contribution is 9.13. The van der Waals surface area contributed by atoms with Gasteiger partial charge in [0.2, 0.25) is 0 Å². The first-order valence-corrected chi connectivity index (χ1v) is 6.62. The minimum atomic E-state index is 0.843. The van der Waals surface area contributed by atoms with Gasteiger partial charge < -0.3 is 0 Å². The van der Waals surface area contributed by atoms with Gasteiger partial charge in [0, 0.05) is 9.81 Å². The van der Waals surface area contributed by atoms with Crippen LogP contribution in [0.3, 0.4) is 0 Å². The van der Waals surface area contributed by atoms with Crippen molar-refractivity contribution in [3.05, 3.63) is 52.5 Å². The van der Waals surface area contributed by atoms with Crippen LogP contribution < -0.4 is 0 Å². The molecule has 0 atom stereocenters. The summed E-state index contributed by atoms with van der Waals surface area (Å²) in [6, 6.07) is 14.8. The van der Waals surface area contributed by atoms with Crippen LogP contribution in [0.25, 0.3) is 16.8 Å². The number of fused-ring (bicyclic) bond motifs is 1. The van der Waals surface area contributed by atoms with E-state index in [-0.39, 0.29) is 0 Å². The molecular weight excluding hydrogens is 316 g/mol.